The molecule has 6 nitrogen and oxygen atoms in total. The van der Waals surface area contributed by atoms with Crippen LogP contribution in [0.3, 0.4) is 0 Å². The molecule has 0 bridgehead atoms. The second-order valence-corrected chi connectivity index (χ2v) is 9.08. The molecule has 2 aliphatic rings. The highest BCUT2D eigenvalue weighted by atomic mass is 35.5. The standard InChI is InChI=1S/C20H28Cl2N2O2.C2HF3O2/c1-3-20(4-2)14-16(26-19(20)25)7-8-23-9-11-24(12-10-23)18-6-5-15(21)13-17(18)22;3-2(4,5)1(6)7/h5-6,13,16H,3-4,7-12,14H2,1-2H3;(H,6,7). The molecule has 1 aromatic carbocycles. The van der Waals surface area contributed by atoms with Crippen LogP contribution in [0.5, 0.6) is 0 Å². The Hall–Kier alpha value is -1.71. The van der Waals surface area contributed by atoms with Crippen molar-refractivity contribution in [2.75, 3.05) is 37.6 Å². The molecule has 0 radical (unpaired) electrons. The fraction of sp³-hybridized carbons (Fsp3) is 0.636. The van der Waals surface area contributed by atoms with Gasteiger partial charge in [-0.05, 0) is 37.5 Å². The number of carboxylic acid groups (broad SMARTS) is 1. The summed E-state index contributed by atoms with van der Waals surface area (Å²) < 4.78 is 37.4. The predicted octanol–water partition coefficient (Wildman–Crippen LogP) is 5.26. The third kappa shape index (κ3) is 7.39. The summed E-state index contributed by atoms with van der Waals surface area (Å²) in [5, 5.41) is 8.50. The molecule has 0 aliphatic carbocycles. The first kappa shape index (κ1) is 27.5. The molecule has 0 saturated carbocycles. The minimum atomic E-state index is -5.08. The molecule has 11 heteroatoms. The Balaban J connectivity index is 0.000000479. The first-order valence-corrected chi connectivity index (χ1v) is 11.6. The number of carbonyl (C=O) groups excluding carboxylic acids is 1. The van der Waals surface area contributed by atoms with Crippen molar-refractivity contribution >= 4 is 40.8 Å². The van der Waals surface area contributed by atoms with Crippen LogP contribution in [0, 0.1) is 5.41 Å². The minimum Gasteiger partial charge on any atom is -0.475 e. The molecule has 3 rings (SSSR count). The van der Waals surface area contributed by atoms with E-state index in [1.54, 1.807) is 6.07 Å². The molecule has 0 aromatic heterocycles. The van der Waals surface area contributed by atoms with Gasteiger partial charge in [-0.3, -0.25) is 9.69 Å². The number of anilines is 1. The first-order chi connectivity index (χ1) is 15.4. The van der Waals surface area contributed by atoms with Gasteiger partial charge < -0.3 is 14.7 Å². The number of piperazine rings is 1. The third-order valence-corrected chi connectivity index (χ3v) is 6.85. The van der Waals surface area contributed by atoms with Gasteiger partial charge >= 0.3 is 18.1 Å². The lowest BCUT2D eigenvalue weighted by molar-refractivity contribution is -0.192. The van der Waals surface area contributed by atoms with Crippen LogP contribution >= 0.6 is 23.2 Å². The monoisotopic (exact) mass is 512 g/mol. The van der Waals surface area contributed by atoms with Crippen LogP contribution < -0.4 is 4.90 Å². The summed E-state index contributed by atoms with van der Waals surface area (Å²) >= 11 is 12.3. The Morgan fingerprint density at radius 2 is 1.76 bits per heavy atom. The van der Waals surface area contributed by atoms with E-state index in [2.05, 4.69) is 23.6 Å². The Kier molecular flexibility index (Phi) is 9.70. The fourth-order valence-electron chi connectivity index (χ4n) is 4.10. The predicted molar refractivity (Wildman–Crippen MR) is 121 cm³/mol. The zero-order valence-electron chi connectivity index (χ0n) is 18.6. The maximum Gasteiger partial charge on any atom is 0.490 e. The molecule has 1 atom stereocenters. The number of rotatable bonds is 6. The first-order valence-electron chi connectivity index (χ1n) is 10.9. The average molecular weight is 513 g/mol. The van der Waals surface area contributed by atoms with Crippen molar-refractivity contribution in [2.24, 2.45) is 5.41 Å². The summed E-state index contributed by atoms with van der Waals surface area (Å²) in [6, 6.07) is 5.68. The smallest absolute Gasteiger partial charge is 0.475 e. The Bertz CT molecular complexity index is 826. The molecule has 2 saturated heterocycles. The molecule has 0 amide bonds. The van der Waals surface area contributed by atoms with Gasteiger partial charge in [0.15, 0.2) is 0 Å². The van der Waals surface area contributed by atoms with Crippen molar-refractivity contribution in [3.63, 3.8) is 0 Å². The summed E-state index contributed by atoms with van der Waals surface area (Å²) in [5.74, 6) is -2.75. The largest absolute Gasteiger partial charge is 0.490 e. The molecular weight excluding hydrogens is 484 g/mol. The summed E-state index contributed by atoms with van der Waals surface area (Å²) in [5.41, 5.74) is 0.811. The van der Waals surface area contributed by atoms with E-state index in [9.17, 15) is 18.0 Å². The van der Waals surface area contributed by atoms with E-state index in [1.807, 2.05) is 12.1 Å². The minimum absolute atomic E-state index is 0.00898. The lowest BCUT2D eigenvalue weighted by Gasteiger charge is -2.36. The number of esters is 1. The number of halogens is 5. The molecular formula is C22H29Cl2F3N2O4. The molecule has 1 aromatic rings. The zero-order valence-corrected chi connectivity index (χ0v) is 20.1. The van der Waals surface area contributed by atoms with Gasteiger partial charge in [0, 0.05) is 44.2 Å². The van der Waals surface area contributed by atoms with Gasteiger partial charge in [0.2, 0.25) is 0 Å². The van der Waals surface area contributed by atoms with Gasteiger partial charge in [-0.1, -0.05) is 37.0 Å². The normalized spacial score (nSPS) is 20.8. The van der Waals surface area contributed by atoms with Crippen LogP contribution in [0.15, 0.2) is 18.2 Å². The highest BCUT2D eigenvalue weighted by Gasteiger charge is 2.46. The second kappa shape index (κ2) is 11.6. The maximum atomic E-state index is 12.2. The molecule has 33 heavy (non-hydrogen) atoms. The molecule has 2 fully saturated rings. The molecule has 2 aliphatic heterocycles. The molecule has 1 N–H and O–H groups in total. The van der Waals surface area contributed by atoms with Crippen molar-refractivity contribution in [3.8, 4) is 0 Å². The van der Waals surface area contributed by atoms with Gasteiger partial charge in [0.1, 0.15) is 6.10 Å². The molecule has 186 valence electrons. The zero-order chi connectivity index (χ0) is 24.8. The van der Waals surface area contributed by atoms with Crippen LogP contribution in [-0.4, -0.2) is 66.9 Å². The summed E-state index contributed by atoms with van der Waals surface area (Å²) in [4.78, 5) is 25.9. The van der Waals surface area contributed by atoms with Crippen LogP contribution in [0.1, 0.15) is 39.5 Å². The van der Waals surface area contributed by atoms with Gasteiger partial charge in [0.25, 0.3) is 0 Å². The summed E-state index contributed by atoms with van der Waals surface area (Å²) in [6.45, 7) is 9.03. The van der Waals surface area contributed by atoms with Crippen LogP contribution in [0.2, 0.25) is 10.0 Å². The van der Waals surface area contributed by atoms with Crippen molar-refractivity contribution in [1.29, 1.82) is 0 Å². The number of hydrogen-bond donors (Lipinski definition) is 1. The fourth-order valence-corrected chi connectivity index (χ4v) is 4.63. The second-order valence-electron chi connectivity index (χ2n) is 8.23. The van der Waals surface area contributed by atoms with Crippen molar-refractivity contribution in [2.45, 2.75) is 51.8 Å². The topological polar surface area (TPSA) is 70.1 Å². The lowest BCUT2D eigenvalue weighted by Crippen LogP contribution is -2.47. The van der Waals surface area contributed by atoms with Crippen molar-refractivity contribution in [1.82, 2.24) is 4.90 Å². The number of hydrogen-bond acceptors (Lipinski definition) is 5. The van der Waals surface area contributed by atoms with Gasteiger partial charge in [-0.2, -0.15) is 13.2 Å². The van der Waals surface area contributed by atoms with E-state index < -0.39 is 12.1 Å². The van der Waals surface area contributed by atoms with Gasteiger partial charge in [-0.25, -0.2) is 4.79 Å². The highest BCUT2D eigenvalue weighted by Crippen LogP contribution is 2.41. The van der Waals surface area contributed by atoms with E-state index in [4.69, 9.17) is 37.8 Å². The van der Waals surface area contributed by atoms with Crippen LogP contribution in [0.4, 0.5) is 18.9 Å². The number of aliphatic carboxylic acids is 1. The summed E-state index contributed by atoms with van der Waals surface area (Å²) in [6.07, 6.45) is -1.46. The number of nitrogens with zero attached hydrogens (tertiary/aromatic N) is 2. The van der Waals surface area contributed by atoms with Crippen molar-refractivity contribution < 1.29 is 32.6 Å². The number of ether oxygens (including phenoxy) is 1. The third-order valence-electron chi connectivity index (χ3n) is 6.31. The molecule has 1 unspecified atom stereocenters. The van der Waals surface area contributed by atoms with Gasteiger partial charge in [0.05, 0.1) is 16.1 Å². The number of carbonyl (C=O) groups is 2. The number of carboxylic acids is 1. The van der Waals surface area contributed by atoms with E-state index in [0.29, 0.717) is 10.0 Å². The lowest BCUT2D eigenvalue weighted by atomic mass is 9.79. The number of cyclic esters (lactones) is 1. The van der Waals surface area contributed by atoms with Gasteiger partial charge in [-0.15, -0.1) is 0 Å². The Labute approximate surface area is 201 Å². The van der Waals surface area contributed by atoms with E-state index >= 15 is 0 Å². The molecule has 2 heterocycles. The number of benzene rings is 1. The quantitative estimate of drug-likeness (QED) is 0.524. The van der Waals surface area contributed by atoms with E-state index in [1.165, 1.54) is 0 Å². The van der Waals surface area contributed by atoms with E-state index in [0.717, 1.165) is 64.1 Å². The SMILES string of the molecule is CCC1(CC)CC(CCN2CCN(c3ccc(Cl)cc3Cl)CC2)OC1=O.O=C(O)C(F)(F)F. The highest BCUT2D eigenvalue weighted by molar-refractivity contribution is 6.36. The van der Waals surface area contributed by atoms with Crippen LogP contribution in [-0.2, 0) is 14.3 Å². The molecule has 0 spiro atoms. The Morgan fingerprint density at radius 3 is 2.21 bits per heavy atom. The van der Waals surface area contributed by atoms with Crippen molar-refractivity contribution in [3.05, 3.63) is 28.2 Å². The number of alkyl halides is 3. The summed E-state index contributed by atoms with van der Waals surface area (Å²) in [7, 11) is 0. The van der Waals surface area contributed by atoms with E-state index in [-0.39, 0.29) is 17.5 Å². The Morgan fingerprint density at radius 1 is 1.18 bits per heavy atom. The average Bonchev–Trinajstić information content (AvgIpc) is 3.08. The van der Waals surface area contributed by atoms with Crippen LogP contribution in [0.25, 0.3) is 0 Å². The maximum absolute atomic E-state index is 12.2.